The van der Waals surface area contributed by atoms with Gasteiger partial charge in [-0.3, -0.25) is 4.79 Å². The van der Waals surface area contributed by atoms with E-state index in [0.717, 1.165) is 11.3 Å². The number of amides is 1. The van der Waals surface area contributed by atoms with Crippen LogP contribution in [0.5, 0.6) is 5.75 Å². The Hall–Kier alpha value is -2.24. The summed E-state index contributed by atoms with van der Waals surface area (Å²) in [7, 11) is 1.61. The van der Waals surface area contributed by atoms with Crippen LogP contribution in [0, 0.1) is 5.92 Å². The number of rotatable bonds is 4. The van der Waals surface area contributed by atoms with Crippen LogP contribution in [0.1, 0.15) is 45.1 Å². The monoisotopic (exact) mass is 349 g/mol. The van der Waals surface area contributed by atoms with Crippen molar-refractivity contribution in [1.82, 2.24) is 4.90 Å². The van der Waals surface area contributed by atoms with Crippen molar-refractivity contribution in [2.45, 2.75) is 45.1 Å². The normalized spacial score (nSPS) is 20.9. The molecule has 25 heavy (non-hydrogen) atoms. The largest absolute Gasteiger partial charge is 0.497 e. The van der Waals surface area contributed by atoms with Gasteiger partial charge in [-0.05, 0) is 56.7 Å². The second-order valence-electron chi connectivity index (χ2n) is 7.46. The smallest absolute Gasteiger partial charge is 0.410 e. The molecule has 1 heterocycles. The van der Waals surface area contributed by atoms with E-state index in [0.29, 0.717) is 19.5 Å². The second-order valence-corrected chi connectivity index (χ2v) is 7.46. The molecule has 6 heteroatoms. The first-order chi connectivity index (χ1) is 11.7. The molecule has 2 rings (SSSR count). The number of piperidine rings is 1. The highest BCUT2D eigenvalue weighted by Gasteiger charge is 2.35. The molecular weight excluding hydrogens is 322 g/mol. The minimum atomic E-state index is -0.857. The molecule has 0 aromatic heterocycles. The maximum atomic E-state index is 12.3. The zero-order chi connectivity index (χ0) is 18.6. The predicted octanol–water partition coefficient (Wildman–Crippen LogP) is 3.51. The fourth-order valence-electron chi connectivity index (χ4n) is 3.27. The van der Waals surface area contributed by atoms with E-state index in [9.17, 15) is 14.7 Å². The van der Waals surface area contributed by atoms with Crippen LogP contribution in [0.4, 0.5) is 4.79 Å². The quantitative estimate of drug-likeness (QED) is 0.900. The topological polar surface area (TPSA) is 76.1 Å². The number of hydrogen-bond acceptors (Lipinski definition) is 4. The number of likely N-dealkylation sites (tertiary alicyclic amines) is 1. The van der Waals surface area contributed by atoms with Gasteiger partial charge < -0.3 is 19.5 Å². The van der Waals surface area contributed by atoms with Crippen LogP contribution in [0.15, 0.2) is 24.3 Å². The Morgan fingerprint density at radius 1 is 1.32 bits per heavy atom. The Balaban J connectivity index is 2.17. The summed E-state index contributed by atoms with van der Waals surface area (Å²) in [4.78, 5) is 25.3. The zero-order valence-corrected chi connectivity index (χ0v) is 15.3. The Kier molecular flexibility index (Phi) is 5.93. The number of benzene rings is 1. The number of methoxy groups -OCH3 is 1. The molecule has 1 aromatic rings. The molecule has 0 saturated carbocycles. The number of hydrogen-bond donors (Lipinski definition) is 1. The summed E-state index contributed by atoms with van der Waals surface area (Å²) < 4.78 is 10.7. The van der Waals surface area contributed by atoms with Crippen LogP contribution in [-0.4, -0.2) is 47.9 Å². The van der Waals surface area contributed by atoms with Gasteiger partial charge in [-0.25, -0.2) is 4.79 Å². The highest BCUT2D eigenvalue weighted by atomic mass is 16.6. The van der Waals surface area contributed by atoms with Crippen molar-refractivity contribution in [1.29, 1.82) is 0 Å². The lowest BCUT2D eigenvalue weighted by Gasteiger charge is -2.38. The number of aliphatic carboxylic acids is 1. The molecule has 0 radical (unpaired) electrons. The minimum Gasteiger partial charge on any atom is -0.497 e. The lowest BCUT2D eigenvalue weighted by atomic mass is 9.79. The van der Waals surface area contributed by atoms with Gasteiger partial charge >= 0.3 is 12.1 Å². The lowest BCUT2D eigenvalue weighted by Crippen LogP contribution is -2.45. The van der Waals surface area contributed by atoms with Crippen LogP contribution in [-0.2, 0) is 9.53 Å². The van der Waals surface area contributed by atoms with Crippen LogP contribution in [0.3, 0.4) is 0 Å². The zero-order valence-electron chi connectivity index (χ0n) is 15.3. The predicted molar refractivity (Wildman–Crippen MR) is 93.9 cm³/mol. The molecule has 138 valence electrons. The third-order valence-electron chi connectivity index (χ3n) is 4.34. The molecule has 1 saturated heterocycles. The van der Waals surface area contributed by atoms with Crippen molar-refractivity contribution >= 4 is 12.1 Å². The summed E-state index contributed by atoms with van der Waals surface area (Å²) in [6, 6.07) is 7.71. The third kappa shape index (κ3) is 5.37. The van der Waals surface area contributed by atoms with Gasteiger partial charge in [0.25, 0.3) is 0 Å². The van der Waals surface area contributed by atoms with E-state index in [1.807, 2.05) is 45.0 Å². The molecule has 2 unspecified atom stereocenters. The Bertz CT molecular complexity index is 622. The average Bonchev–Trinajstić information content (AvgIpc) is 2.52. The van der Waals surface area contributed by atoms with E-state index < -0.39 is 11.6 Å². The van der Waals surface area contributed by atoms with Crippen LogP contribution >= 0.6 is 0 Å². The summed E-state index contributed by atoms with van der Waals surface area (Å²) in [5.74, 6) is -0.194. The molecule has 0 aliphatic carbocycles. The van der Waals surface area contributed by atoms with Crippen LogP contribution < -0.4 is 4.74 Å². The molecule has 1 amide bonds. The molecule has 1 aliphatic rings. The van der Waals surface area contributed by atoms with Crippen molar-refractivity contribution in [2.75, 3.05) is 20.2 Å². The highest BCUT2D eigenvalue weighted by Crippen LogP contribution is 2.36. The molecule has 1 N–H and O–H groups in total. The third-order valence-corrected chi connectivity index (χ3v) is 4.34. The Morgan fingerprint density at radius 2 is 2.04 bits per heavy atom. The summed E-state index contributed by atoms with van der Waals surface area (Å²) in [5.41, 5.74) is 0.484. The van der Waals surface area contributed by atoms with E-state index in [1.165, 1.54) is 0 Å². The fourth-order valence-corrected chi connectivity index (χ4v) is 3.27. The van der Waals surface area contributed by atoms with Crippen LogP contribution in [0.25, 0.3) is 0 Å². The van der Waals surface area contributed by atoms with E-state index in [2.05, 4.69) is 0 Å². The van der Waals surface area contributed by atoms with Gasteiger partial charge in [0.05, 0.1) is 13.5 Å². The van der Waals surface area contributed by atoms with Gasteiger partial charge in [0.2, 0.25) is 0 Å². The first-order valence-electron chi connectivity index (χ1n) is 8.53. The molecule has 1 aliphatic heterocycles. The number of ether oxygens (including phenoxy) is 2. The summed E-state index contributed by atoms with van der Waals surface area (Å²) in [5, 5.41) is 9.28. The summed E-state index contributed by atoms with van der Waals surface area (Å²) >= 11 is 0. The van der Waals surface area contributed by atoms with Gasteiger partial charge in [0.1, 0.15) is 11.4 Å². The maximum absolute atomic E-state index is 12.3. The number of carboxylic acid groups (broad SMARTS) is 1. The maximum Gasteiger partial charge on any atom is 0.410 e. The lowest BCUT2D eigenvalue weighted by molar-refractivity contribution is -0.138. The first-order valence-corrected chi connectivity index (χ1v) is 8.53. The van der Waals surface area contributed by atoms with Crippen LogP contribution in [0.2, 0.25) is 0 Å². The van der Waals surface area contributed by atoms with Crippen molar-refractivity contribution in [3.8, 4) is 5.75 Å². The van der Waals surface area contributed by atoms with Gasteiger partial charge in [-0.1, -0.05) is 12.1 Å². The molecule has 1 fully saturated rings. The molecule has 1 aromatic carbocycles. The highest BCUT2D eigenvalue weighted by molar-refractivity contribution is 5.69. The van der Waals surface area contributed by atoms with Crippen molar-refractivity contribution in [2.24, 2.45) is 5.92 Å². The van der Waals surface area contributed by atoms with Gasteiger partial charge in [0.15, 0.2) is 0 Å². The van der Waals surface area contributed by atoms with E-state index in [1.54, 1.807) is 12.0 Å². The van der Waals surface area contributed by atoms with E-state index in [4.69, 9.17) is 9.47 Å². The van der Waals surface area contributed by atoms with E-state index in [-0.39, 0.29) is 24.3 Å². The van der Waals surface area contributed by atoms with Gasteiger partial charge in [-0.2, -0.15) is 0 Å². The van der Waals surface area contributed by atoms with Gasteiger partial charge in [0, 0.05) is 13.1 Å². The Labute approximate surface area is 148 Å². The fraction of sp³-hybridized carbons (Fsp3) is 0.579. The minimum absolute atomic E-state index is 0.0151. The molecule has 2 atom stereocenters. The summed E-state index contributed by atoms with van der Waals surface area (Å²) in [6.07, 6.45) is 0.331. The molecule has 0 spiro atoms. The number of nitrogens with zero attached hydrogens (tertiary/aromatic N) is 1. The first kappa shape index (κ1) is 19.1. The molecular formula is C19H27NO5. The second kappa shape index (κ2) is 7.76. The number of carbonyl (C=O) groups is 2. The summed E-state index contributed by atoms with van der Waals surface area (Å²) in [6.45, 7) is 6.39. The van der Waals surface area contributed by atoms with Gasteiger partial charge in [-0.15, -0.1) is 0 Å². The van der Waals surface area contributed by atoms with Crippen molar-refractivity contribution < 1.29 is 24.2 Å². The standard InChI is InChI=1S/C19H27NO5/c1-19(2,3)25-18(23)20-9-8-16(14(12-20)11-17(21)22)13-6-5-7-15(10-13)24-4/h5-7,10,14,16H,8-9,11-12H2,1-4H3,(H,21,22). The van der Waals surface area contributed by atoms with Crippen molar-refractivity contribution in [3.05, 3.63) is 29.8 Å². The molecule has 0 bridgehead atoms. The number of carbonyl (C=O) groups excluding carboxylic acids is 1. The van der Waals surface area contributed by atoms with Crippen molar-refractivity contribution in [3.63, 3.8) is 0 Å². The molecule has 6 nitrogen and oxygen atoms in total. The number of carboxylic acids is 1. The van der Waals surface area contributed by atoms with E-state index >= 15 is 0 Å². The average molecular weight is 349 g/mol. The SMILES string of the molecule is COc1cccc(C2CCN(C(=O)OC(C)(C)C)CC2CC(=O)O)c1. The Morgan fingerprint density at radius 3 is 2.64 bits per heavy atom.